The molecule has 208 valence electrons. The second-order valence-corrected chi connectivity index (χ2v) is 11.6. The van der Waals surface area contributed by atoms with Crippen molar-refractivity contribution in [2.75, 3.05) is 29.9 Å². The molecule has 1 fully saturated rings. The van der Waals surface area contributed by atoms with Gasteiger partial charge >= 0.3 is 0 Å². The Morgan fingerprint density at radius 1 is 0.974 bits per heavy atom. The summed E-state index contributed by atoms with van der Waals surface area (Å²) >= 11 is 12.3. The van der Waals surface area contributed by atoms with Crippen molar-refractivity contribution in [3.05, 3.63) is 87.4 Å². The Morgan fingerprint density at radius 2 is 1.67 bits per heavy atom. The Morgan fingerprint density at radius 3 is 2.31 bits per heavy atom. The Labute approximate surface area is 243 Å². The minimum Gasteiger partial charge on any atom is -0.488 e. The number of carbonyl (C=O) groups excluding carboxylic acids is 1. The summed E-state index contributed by atoms with van der Waals surface area (Å²) < 4.78 is 6.54. The van der Waals surface area contributed by atoms with E-state index in [9.17, 15) is 4.79 Å². The van der Waals surface area contributed by atoms with Gasteiger partial charge in [-0.1, -0.05) is 59.6 Å². The minimum absolute atomic E-state index is 0.0129. The van der Waals surface area contributed by atoms with Gasteiger partial charge in [0, 0.05) is 32.6 Å². The molecule has 4 rings (SSSR count). The van der Waals surface area contributed by atoms with Crippen molar-refractivity contribution < 1.29 is 9.53 Å². The highest BCUT2D eigenvalue weighted by Crippen LogP contribution is 2.42. The number of halogens is 2. The highest BCUT2D eigenvalue weighted by molar-refractivity contribution is 6.42. The molecule has 1 heterocycles. The first kappa shape index (κ1) is 29.3. The van der Waals surface area contributed by atoms with Crippen LogP contribution in [0.3, 0.4) is 0 Å². The third-order valence-corrected chi connectivity index (χ3v) is 8.37. The molecule has 4 nitrogen and oxygen atoms in total. The molecule has 0 radical (unpaired) electrons. The van der Waals surface area contributed by atoms with E-state index >= 15 is 0 Å². The number of benzene rings is 3. The number of hydrogen-bond acceptors (Lipinski definition) is 3. The molecule has 6 heteroatoms. The monoisotopic (exact) mass is 566 g/mol. The molecule has 0 N–H and O–H groups in total. The van der Waals surface area contributed by atoms with E-state index in [4.69, 9.17) is 27.9 Å². The molecule has 0 bridgehead atoms. The molecule has 1 amide bonds. The van der Waals surface area contributed by atoms with Gasteiger partial charge in [-0.05, 0) is 93.7 Å². The van der Waals surface area contributed by atoms with E-state index in [-0.39, 0.29) is 12.0 Å². The average Bonchev–Trinajstić information content (AvgIpc) is 2.93. The second kappa shape index (κ2) is 13.6. The van der Waals surface area contributed by atoms with E-state index in [2.05, 4.69) is 61.2 Å². The average molecular weight is 568 g/mol. The number of anilines is 2. The van der Waals surface area contributed by atoms with Gasteiger partial charge in [-0.25, -0.2) is 0 Å². The van der Waals surface area contributed by atoms with Crippen molar-refractivity contribution in [3.63, 3.8) is 0 Å². The number of unbranched alkanes of at least 4 members (excludes halogenated alkanes) is 1. The molecule has 0 atom stereocenters. The maximum Gasteiger partial charge on any atom is 0.223 e. The quantitative estimate of drug-likeness (QED) is 0.230. The van der Waals surface area contributed by atoms with Crippen LogP contribution >= 0.6 is 23.2 Å². The number of hydrogen-bond donors (Lipinski definition) is 0. The molecule has 0 unspecified atom stereocenters. The van der Waals surface area contributed by atoms with Crippen LogP contribution in [0.15, 0.2) is 60.7 Å². The molecule has 0 aromatic heterocycles. The molecule has 1 aliphatic rings. The lowest BCUT2D eigenvalue weighted by atomic mass is 9.89. The topological polar surface area (TPSA) is 32.8 Å². The predicted molar refractivity (Wildman–Crippen MR) is 165 cm³/mol. The van der Waals surface area contributed by atoms with Gasteiger partial charge in [-0.3, -0.25) is 4.79 Å². The normalized spacial score (nSPS) is 14.1. The van der Waals surface area contributed by atoms with E-state index in [1.165, 1.54) is 11.1 Å². The zero-order valence-corrected chi connectivity index (χ0v) is 25.1. The number of rotatable bonds is 10. The third kappa shape index (κ3) is 7.49. The van der Waals surface area contributed by atoms with Crippen LogP contribution < -0.4 is 14.5 Å². The van der Waals surface area contributed by atoms with Crippen LogP contribution in [0.25, 0.3) is 0 Å². The van der Waals surface area contributed by atoms with E-state index in [0.29, 0.717) is 16.0 Å². The fraction of sp³-hybridized carbons (Fsp3) is 0.424. The van der Waals surface area contributed by atoms with Gasteiger partial charge in [0.15, 0.2) is 0 Å². The minimum atomic E-state index is 0.0129. The summed E-state index contributed by atoms with van der Waals surface area (Å²) in [5.41, 5.74) is 5.78. The summed E-state index contributed by atoms with van der Waals surface area (Å²) in [5.74, 6) is 1.52. The summed E-state index contributed by atoms with van der Waals surface area (Å²) in [6.45, 7) is 7.71. The van der Waals surface area contributed by atoms with Crippen molar-refractivity contribution in [3.8, 4) is 5.75 Å². The van der Waals surface area contributed by atoms with E-state index in [1.54, 1.807) is 11.8 Å². The first-order valence-electron chi connectivity index (χ1n) is 14.0. The molecule has 0 aliphatic carbocycles. The van der Waals surface area contributed by atoms with Crippen molar-refractivity contribution in [2.24, 2.45) is 0 Å². The summed E-state index contributed by atoms with van der Waals surface area (Å²) in [7, 11) is 1.85. The number of ether oxygens (including phenoxy) is 1. The fourth-order valence-corrected chi connectivity index (χ4v) is 5.77. The number of nitrogens with zero attached hydrogens (tertiary/aromatic N) is 2. The van der Waals surface area contributed by atoms with Gasteiger partial charge in [0.2, 0.25) is 5.91 Å². The van der Waals surface area contributed by atoms with Crippen LogP contribution in [0.5, 0.6) is 5.75 Å². The molecule has 1 saturated heterocycles. The number of amides is 1. The van der Waals surface area contributed by atoms with E-state index in [1.807, 2.05) is 25.2 Å². The largest absolute Gasteiger partial charge is 0.488 e. The molecule has 0 saturated carbocycles. The summed E-state index contributed by atoms with van der Waals surface area (Å²) in [4.78, 5) is 16.6. The molecule has 39 heavy (non-hydrogen) atoms. The number of carbonyl (C=O) groups is 1. The van der Waals surface area contributed by atoms with Crippen molar-refractivity contribution >= 4 is 40.5 Å². The Balaban J connectivity index is 1.57. The molecule has 0 spiro atoms. The number of aryl methyl sites for hydroxylation is 1. The zero-order valence-electron chi connectivity index (χ0n) is 23.6. The highest BCUT2D eigenvalue weighted by Gasteiger charge is 2.26. The smallest absolute Gasteiger partial charge is 0.223 e. The van der Waals surface area contributed by atoms with Gasteiger partial charge in [-0.15, -0.1) is 0 Å². The van der Waals surface area contributed by atoms with Crippen molar-refractivity contribution in [2.45, 2.75) is 71.3 Å². The summed E-state index contributed by atoms with van der Waals surface area (Å²) in [6.07, 6.45) is 5.95. The molecule has 3 aromatic rings. The van der Waals surface area contributed by atoms with E-state index < -0.39 is 0 Å². The number of piperidine rings is 1. The third-order valence-electron chi connectivity index (χ3n) is 7.64. The van der Waals surface area contributed by atoms with Gasteiger partial charge in [0.25, 0.3) is 0 Å². The lowest BCUT2D eigenvalue weighted by Gasteiger charge is -2.36. The standard InChI is InChI=1S/C33H40Cl2N2O2/c1-23(2)39-33-28(13-9-8-10-25-14-15-29(34)30(35)22-25)31(36(4)24(3)38)16-17-32(33)37-20-18-27(19-21-37)26-11-6-5-7-12-26/h5-7,11-12,14-17,22-23,27H,8-10,13,18-21H2,1-4H3. The fourth-order valence-electron chi connectivity index (χ4n) is 5.45. The highest BCUT2D eigenvalue weighted by atomic mass is 35.5. The van der Waals surface area contributed by atoms with Crippen LogP contribution in [-0.2, 0) is 17.6 Å². The lowest BCUT2D eigenvalue weighted by Crippen LogP contribution is -2.34. The Bertz CT molecular complexity index is 1250. The Hall–Kier alpha value is -2.69. The zero-order chi connectivity index (χ0) is 27.9. The summed E-state index contributed by atoms with van der Waals surface area (Å²) in [6, 6.07) is 20.9. The van der Waals surface area contributed by atoms with Gasteiger partial charge in [0.05, 0.1) is 27.5 Å². The lowest BCUT2D eigenvalue weighted by molar-refractivity contribution is -0.116. The van der Waals surface area contributed by atoms with Crippen LogP contribution in [-0.4, -0.2) is 32.1 Å². The van der Waals surface area contributed by atoms with Crippen molar-refractivity contribution in [1.29, 1.82) is 0 Å². The SMILES string of the molecule is CC(=O)N(C)c1ccc(N2CCC(c3ccccc3)CC2)c(OC(C)C)c1CCCCc1ccc(Cl)c(Cl)c1. The maximum absolute atomic E-state index is 12.4. The summed E-state index contributed by atoms with van der Waals surface area (Å²) in [5, 5.41) is 1.17. The van der Waals surface area contributed by atoms with Crippen LogP contribution in [0.4, 0.5) is 11.4 Å². The van der Waals surface area contributed by atoms with Crippen LogP contribution in [0.1, 0.15) is 69.1 Å². The first-order chi connectivity index (χ1) is 18.7. The maximum atomic E-state index is 12.4. The molecular formula is C33H40Cl2N2O2. The molecular weight excluding hydrogens is 527 g/mol. The first-order valence-corrected chi connectivity index (χ1v) is 14.8. The van der Waals surface area contributed by atoms with Crippen LogP contribution in [0.2, 0.25) is 10.0 Å². The molecule has 1 aliphatic heterocycles. The van der Waals surface area contributed by atoms with Gasteiger partial charge in [0.1, 0.15) is 5.75 Å². The van der Waals surface area contributed by atoms with Crippen molar-refractivity contribution in [1.82, 2.24) is 0 Å². The van der Waals surface area contributed by atoms with E-state index in [0.717, 1.165) is 74.3 Å². The van der Waals surface area contributed by atoms with Crippen LogP contribution in [0, 0.1) is 0 Å². The Kier molecular flexibility index (Phi) is 10.2. The van der Waals surface area contributed by atoms with Gasteiger partial charge in [-0.2, -0.15) is 0 Å². The predicted octanol–water partition coefficient (Wildman–Crippen LogP) is 8.71. The second-order valence-electron chi connectivity index (χ2n) is 10.8. The molecule has 3 aromatic carbocycles. The van der Waals surface area contributed by atoms with Gasteiger partial charge < -0.3 is 14.5 Å².